The van der Waals surface area contributed by atoms with Gasteiger partial charge < -0.3 is 10.2 Å². The molecule has 1 aliphatic rings. The van der Waals surface area contributed by atoms with Crippen LogP contribution in [0.4, 0.5) is 0 Å². The van der Waals surface area contributed by atoms with Crippen molar-refractivity contribution in [1.29, 1.82) is 0 Å². The third-order valence-electron chi connectivity index (χ3n) is 6.05. The quantitative estimate of drug-likeness (QED) is 0.420. The third kappa shape index (κ3) is 5.33. The van der Waals surface area contributed by atoms with Crippen LogP contribution in [0.5, 0.6) is 0 Å². The van der Waals surface area contributed by atoms with Gasteiger partial charge in [0, 0.05) is 24.7 Å². The average molecular weight is 479 g/mol. The topological polar surface area (TPSA) is 32.3 Å². The minimum absolute atomic E-state index is 0.0128. The van der Waals surface area contributed by atoms with E-state index >= 15 is 0 Å². The van der Waals surface area contributed by atoms with Gasteiger partial charge >= 0.3 is 0 Å². The number of rotatable bonds is 6. The fraction of sp³-hybridized carbons (Fsp3) is 0.250. The Morgan fingerprint density at radius 1 is 0.939 bits per heavy atom. The lowest BCUT2D eigenvalue weighted by atomic mass is 9.91. The van der Waals surface area contributed by atoms with Crippen molar-refractivity contribution in [2.75, 3.05) is 13.1 Å². The fourth-order valence-corrected chi connectivity index (χ4v) is 4.62. The van der Waals surface area contributed by atoms with Gasteiger partial charge in [0.25, 0.3) is 5.91 Å². The van der Waals surface area contributed by atoms with Crippen molar-refractivity contribution in [3.05, 3.63) is 99.5 Å². The highest BCUT2D eigenvalue weighted by molar-refractivity contribution is 6.42. The van der Waals surface area contributed by atoms with Crippen LogP contribution < -0.4 is 5.32 Å². The molecule has 0 unspecified atom stereocenters. The Balaban J connectivity index is 1.71. The highest BCUT2D eigenvalue weighted by Crippen LogP contribution is 2.31. The van der Waals surface area contributed by atoms with E-state index in [-0.39, 0.29) is 11.9 Å². The number of carbonyl (C=O) groups excluding carboxylic acids is 1. The summed E-state index contributed by atoms with van der Waals surface area (Å²) in [4.78, 5) is 15.7. The number of nitrogens with one attached hydrogen (secondary N) is 1. The average Bonchev–Trinajstić information content (AvgIpc) is 2.85. The number of amides is 1. The molecule has 0 saturated carbocycles. The zero-order valence-corrected chi connectivity index (χ0v) is 20.5. The second-order valence-corrected chi connectivity index (χ2v) is 9.36. The molecule has 1 N–H and O–H groups in total. The Hall–Kier alpha value is -2.59. The van der Waals surface area contributed by atoms with Crippen molar-refractivity contribution in [2.24, 2.45) is 0 Å². The second kappa shape index (κ2) is 10.6. The molecule has 5 heteroatoms. The molecular formula is C28H28Cl2N2O. The first kappa shape index (κ1) is 23.6. The molecule has 1 amide bonds. The normalized spacial score (nSPS) is 14.0. The molecule has 3 nitrogen and oxygen atoms in total. The highest BCUT2D eigenvalue weighted by atomic mass is 35.5. The molecule has 0 bridgehead atoms. The second-order valence-electron chi connectivity index (χ2n) is 8.57. The maximum Gasteiger partial charge on any atom is 0.251 e. The first-order valence-electron chi connectivity index (χ1n) is 11.3. The van der Waals surface area contributed by atoms with E-state index in [1.165, 1.54) is 5.56 Å². The fourth-order valence-electron chi connectivity index (χ4n) is 4.24. The van der Waals surface area contributed by atoms with Gasteiger partial charge in [0.15, 0.2) is 0 Å². The van der Waals surface area contributed by atoms with Gasteiger partial charge in [0.2, 0.25) is 0 Å². The molecule has 3 aromatic carbocycles. The Morgan fingerprint density at radius 2 is 1.64 bits per heavy atom. The third-order valence-corrected chi connectivity index (χ3v) is 6.91. The summed E-state index contributed by atoms with van der Waals surface area (Å²) >= 11 is 12.7. The number of halogens is 2. The SMILES string of the molecule is CC(C)N(Cc1cccc(Cl)c1Cl)C(=O)C1=C(c2cccc(-c3ccccc3)c2)CCNC1. The van der Waals surface area contributed by atoms with E-state index in [4.69, 9.17) is 23.2 Å². The molecule has 4 rings (SSSR count). The van der Waals surface area contributed by atoms with Gasteiger partial charge in [-0.25, -0.2) is 0 Å². The Morgan fingerprint density at radius 3 is 2.39 bits per heavy atom. The minimum Gasteiger partial charge on any atom is -0.332 e. The van der Waals surface area contributed by atoms with Crippen LogP contribution in [0.2, 0.25) is 10.0 Å². The number of benzene rings is 3. The molecule has 33 heavy (non-hydrogen) atoms. The lowest BCUT2D eigenvalue weighted by Crippen LogP contribution is -2.41. The molecule has 1 aliphatic heterocycles. The summed E-state index contributed by atoms with van der Waals surface area (Å²) < 4.78 is 0. The maximum atomic E-state index is 13.8. The lowest BCUT2D eigenvalue weighted by Gasteiger charge is -2.31. The monoisotopic (exact) mass is 478 g/mol. The largest absolute Gasteiger partial charge is 0.332 e. The molecule has 1 heterocycles. The van der Waals surface area contributed by atoms with Gasteiger partial charge in [-0.05, 0) is 66.8 Å². The Labute approximate surface area is 206 Å². The summed E-state index contributed by atoms with van der Waals surface area (Å²) in [5.41, 5.74) is 6.20. The zero-order valence-electron chi connectivity index (χ0n) is 18.9. The molecule has 0 saturated heterocycles. The minimum atomic E-state index is 0.0128. The van der Waals surface area contributed by atoms with Crippen LogP contribution in [-0.2, 0) is 11.3 Å². The zero-order chi connectivity index (χ0) is 23.4. The van der Waals surface area contributed by atoms with Crippen molar-refractivity contribution in [3.63, 3.8) is 0 Å². The van der Waals surface area contributed by atoms with E-state index in [2.05, 4.69) is 41.7 Å². The van der Waals surface area contributed by atoms with Crippen molar-refractivity contribution in [3.8, 4) is 11.1 Å². The van der Waals surface area contributed by atoms with Gasteiger partial charge in [0.1, 0.15) is 0 Å². The summed E-state index contributed by atoms with van der Waals surface area (Å²) in [6, 6.07) is 24.4. The van der Waals surface area contributed by atoms with Crippen LogP contribution in [-0.4, -0.2) is 29.9 Å². The number of carbonyl (C=O) groups is 1. The van der Waals surface area contributed by atoms with Crippen LogP contribution in [0.3, 0.4) is 0 Å². The van der Waals surface area contributed by atoms with E-state index in [0.717, 1.165) is 40.8 Å². The molecular weight excluding hydrogens is 451 g/mol. The van der Waals surface area contributed by atoms with Crippen LogP contribution in [0.1, 0.15) is 31.4 Å². The summed E-state index contributed by atoms with van der Waals surface area (Å²) in [5, 5.41) is 4.39. The van der Waals surface area contributed by atoms with Crippen LogP contribution in [0.25, 0.3) is 16.7 Å². The van der Waals surface area contributed by atoms with Crippen molar-refractivity contribution in [2.45, 2.75) is 32.9 Å². The molecule has 0 spiro atoms. The van der Waals surface area contributed by atoms with E-state index in [1.807, 2.05) is 49.1 Å². The predicted octanol–water partition coefficient (Wildman–Crippen LogP) is 6.84. The Kier molecular flexibility index (Phi) is 7.54. The number of hydrogen-bond acceptors (Lipinski definition) is 2. The maximum absolute atomic E-state index is 13.8. The van der Waals surface area contributed by atoms with Gasteiger partial charge in [-0.3, -0.25) is 4.79 Å². The van der Waals surface area contributed by atoms with Crippen molar-refractivity contribution >= 4 is 34.7 Å². The van der Waals surface area contributed by atoms with E-state index in [0.29, 0.717) is 23.1 Å². The van der Waals surface area contributed by atoms with E-state index in [1.54, 1.807) is 6.07 Å². The standard InChI is InChI=1S/C28H28Cl2N2O/c1-19(2)32(18-23-12-7-13-26(29)27(23)30)28(33)25-17-31-15-14-24(25)22-11-6-10-21(16-22)20-8-4-3-5-9-20/h3-13,16,19,31H,14-15,17-18H2,1-2H3. The summed E-state index contributed by atoms with van der Waals surface area (Å²) in [6.07, 6.45) is 0.809. The summed E-state index contributed by atoms with van der Waals surface area (Å²) in [6.45, 7) is 5.88. The van der Waals surface area contributed by atoms with Crippen molar-refractivity contribution < 1.29 is 4.79 Å². The van der Waals surface area contributed by atoms with Gasteiger partial charge in [-0.15, -0.1) is 0 Å². The molecule has 0 aliphatic carbocycles. The molecule has 0 fully saturated rings. The number of nitrogens with zero attached hydrogens (tertiary/aromatic N) is 1. The number of hydrogen-bond donors (Lipinski definition) is 1. The van der Waals surface area contributed by atoms with Crippen LogP contribution >= 0.6 is 23.2 Å². The summed E-state index contributed by atoms with van der Waals surface area (Å²) in [7, 11) is 0. The summed E-state index contributed by atoms with van der Waals surface area (Å²) in [5.74, 6) is 0.0355. The van der Waals surface area contributed by atoms with Gasteiger partial charge in [0.05, 0.1) is 10.0 Å². The lowest BCUT2D eigenvalue weighted by molar-refractivity contribution is -0.129. The van der Waals surface area contributed by atoms with Crippen LogP contribution in [0.15, 0.2) is 78.4 Å². The molecule has 0 atom stereocenters. The smallest absolute Gasteiger partial charge is 0.251 e. The molecule has 0 radical (unpaired) electrons. The van der Waals surface area contributed by atoms with E-state index < -0.39 is 0 Å². The molecule has 0 aromatic heterocycles. The first-order chi connectivity index (χ1) is 16.0. The van der Waals surface area contributed by atoms with Crippen molar-refractivity contribution in [1.82, 2.24) is 10.2 Å². The van der Waals surface area contributed by atoms with Gasteiger partial charge in [-0.2, -0.15) is 0 Å². The van der Waals surface area contributed by atoms with Gasteiger partial charge in [-0.1, -0.05) is 83.9 Å². The predicted molar refractivity (Wildman–Crippen MR) is 138 cm³/mol. The Bertz CT molecular complexity index is 1170. The molecule has 3 aromatic rings. The first-order valence-corrected chi connectivity index (χ1v) is 12.0. The molecule has 170 valence electrons. The van der Waals surface area contributed by atoms with Crippen LogP contribution in [0, 0.1) is 0 Å². The highest BCUT2D eigenvalue weighted by Gasteiger charge is 2.27. The van der Waals surface area contributed by atoms with E-state index in [9.17, 15) is 4.79 Å².